The number of piperazine rings is 1. The molecule has 0 unspecified atom stereocenters. The molecular formula is C21H27FN4O2. The van der Waals surface area contributed by atoms with Crippen LogP contribution in [0.5, 0.6) is 5.75 Å². The Kier molecular flexibility index (Phi) is 5.92. The van der Waals surface area contributed by atoms with Gasteiger partial charge in [0.1, 0.15) is 11.6 Å². The van der Waals surface area contributed by atoms with Crippen LogP contribution in [0, 0.1) is 5.82 Å². The van der Waals surface area contributed by atoms with Crippen molar-refractivity contribution < 1.29 is 14.3 Å². The van der Waals surface area contributed by atoms with E-state index < -0.39 is 0 Å². The van der Waals surface area contributed by atoms with E-state index in [1.54, 1.807) is 29.2 Å². The second kappa shape index (κ2) is 8.37. The fourth-order valence-electron chi connectivity index (χ4n) is 3.23. The van der Waals surface area contributed by atoms with Gasteiger partial charge in [0, 0.05) is 45.0 Å². The number of urea groups is 1. The zero-order chi connectivity index (χ0) is 20.3. The molecule has 150 valence electrons. The molecule has 0 radical (unpaired) electrons. The molecular weight excluding hydrogens is 359 g/mol. The largest absolute Gasteiger partial charge is 0.506 e. The van der Waals surface area contributed by atoms with E-state index in [-0.39, 0.29) is 23.6 Å². The first kappa shape index (κ1) is 19.8. The number of anilines is 3. The van der Waals surface area contributed by atoms with Gasteiger partial charge < -0.3 is 25.1 Å². The van der Waals surface area contributed by atoms with Crippen LogP contribution in [-0.4, -0.2) is 55.3 Å². The first-order valence-corrected chi connectivity index (χ1v) is 9.48. The predicted molar refractivity (Wildman–Crippen MR) is 111 cm³/mol. The number of nitrogens with zero attached hydrogens (tertiary/aromatic N) is 3. The lowest BCUT2D eigenvalue weighted by Crippen LogP contribution is -2.50. The van der Waals surface area contributed by atoms with Crippen LogP contribution < -0.4 is 15.1 Å². The van der Waals surface area contributed by atoms with Gasteiger partial charge in [-0.05, 0) is 44.2 Å². The zero-order valence-electron chi connectivity index (χ0n) is 16.5. The maximum atomic E-state index is 14.4. The summed E-state index contributed by atoms with van der Waals surface area (Å²) in [5, 5.41) is 12.8. The molecule has 1 fully saturated rings. The molecule has 2 N–H and O–H groups in total. The van der Waals surface area contributed by atoms with E-state index in [1.807, 2.05) is 37.9 Å². The fourth-order valence-corrected chi connectivity index (χ4v) is 3.23. The van der Waals surface area contributed by atoms with Crippen LogP contribution >= 0.6 is 0 Å². The predicted octanol–water partition coefficient (Wildman–Crippen LogP) is 3.73. The zero-order valence-corrected chi connectivity index (χ0v) is 16.5. The number of phenolic OH excluding ortho intramolecular Hbond substituents is 1. The van der Waals surface area contributed by atoms with Crippen LogP contribution in [0.4, 0.5) is 26.2 Å². The van der Waals surface area contributed by atoms with Crippen molar-refractivity contribution in [2.75, 3.05) is 48.3 Å². The minimum absolute atomic E-state index is 0.176. The molecule has 0 saturated carbocycles. The summed E-state index contributed by atoms with van der Waals surface area (Å²) in [6.45, 7) is 6.27. The molecule has 3 rings (SSSR count). The van der Waals surface area contributed by atoms with E-state index >= 15 is 0 Å². The van der Waals surface area contributed by atoms with Crippen molar-refractivity contribution in [3.63, 3.8) is 0 Å². The number of benzene rings is 2. The Morgan fingerprint density at radius 2 is 1.82 bits per heavy atom. The molecule has 2 aromatic carbocycles. The SMILES string of the molecule is CC(C)N(C)c1ccc(NC(=O)N2CCN(c3ccccc3O)CC2)cc1F. The molecule has 0 bridgehead atoms. The number of hydrogen-bond donors (Lipinski definition) is 2. The topological polar surface area (TPSA) is 59.1 Å². The molecule has 28 heavy (non-hydrogen) atoms. The highest BCUT2D eigenvalue weighted by molar-refractivity contribution is 5.89. The quantitative estimate of drug-likeness (QED) is 0.841. The maximum Gasteiger partial charge on any atom is 0.321 e. The van der Waals surface area contributed by atoms with Crippen molar-refractivity contribution in [3.8, 4) is 5.75 Å². The molecule has 0 atom stereocenters. The lowest BCUT2D eigenvalue weighted by molar-refractivity contribution is 0.208. The molecule has 1 aliphatic heterocycles. The van der Waals surface area contributed by atoms with Gasteiger partial charge in [-0.25, -0.2) is 9.18 Å². The lowest BCUT2D eigenvalue weighted by Gasteiger charge is -2.36. The van der Waals surface area contributed by atoms with Crippen LogP contribution in [0.2, 0.25) is 0 Å². The van der Waals surface area contributed by atoms with Crippen LogP contribution in [0.1, 0.15) is 13.8 Å². The number of rotatable bonds is 4. The van der Waals surface area contributed by atoms with Crippen molar-refractivity contribution in [2.45, 2.75) is 19.9 Å². The molecule has 1 saturated heterocycles. The summed E-state index contributed by atoms with van der Waals surface area (Å²) in [5.41, 5.74) is 1.71. The van der Waals surface area contributed by atoms with Crippen LogP contribution in [0.3, 0.4) is 0 Å². The van der Waals surface area contributed by atoms with Crippen molar-refractivity contribution in [2.24, 2.45) is 0 Å². The Balaban J connectivity index is 1.59. The highest BCUT2D eigenvalue weighted by Gasteiger charge is 2.23. The molecule has 1 heterocycles. The van der Waals surface area contributed by atoms with Gasteiger partial charge in [-0.15, -0.1) is 0 Å². The monoisotopic (exact) mass is 386 g/mol. The van der Waals surface area contributed by atoms with Crippen LogP contribution in [-0.2, 0) is 0 Å². The number of hydrogen-bond acceptors (Lipinski definition) is 4. The number of amides is 2. The van der Waals surface area contributed by atoms with Crippen molar-refractivity contribution in [3.05, 3.63) is 48.3 Å². The molecule has 6 nitrogen and oxygen atoms in total. The second-order valence-electron chi connectivity index (χ2n) is 7.26. The van der Waals surface area contributed by atoms with Crippen LogP contribution in [0.25, 0.3) is 0 Å². The average Bonchev–Trinajstić information content (AvgIpc) is 2.68. The number of nitrogens with one attached hydrogen (secondary N) is 1. The average molecular weight is 386 g/mol. The normalized spacial score (nSPS) is 14.3. The van der Waals surface area contributed by atoms with Gasteiger partial charge in [0.05, 0.1) is 11.4 Å². The third kappa shape index (κ3) is 4.30. The van der Waals surface area contributed by atoms with Gasteiger partial charge in [0.15, 0.2) is 0 Å². The Labute approximate surface area is 165 Å². The molecule has 0 spiro atoms. The van der Waals surface area contributed by atoms with Crippen molar-refractivity contribution in [1.29, 1.82) is 0 Å². The lowest BCUT2D eigenvalue weighted by atomic mass is 10.2. The van der Waals surface area contributed by atoms with Gasteiger partial charge in [0.25, 0.3) is 0 Å². The van der Waals surface area contributed by atoms with Crippen LogP contribution in [0.15, 0.2) is 42.5 Å². The second-order valence-corrected chi connectivity index (χ2v) is 7.26. The summed E-state index contributed by atoms with van der Waals surface area (Å²) in [6, 6.07) is 11.9. The van der Waals surface area contributed by atoms with Crippen molar-refractivity contribution >= 4 is 23.1 Å². The first-order valence-electron chi connectivity index (χ1n) is 9.48. The van der Waals surface area contributed by atoms with Gasteiger partial charge in [-0.3, -0.25) is 0 Å². The number of carbonyl (C=O) groups is 1. The first-order chi connectivity index (χ1) is 13.4. The number of halogens is 1. The highest BCUT2D eigenvalue weighted by atomic mass is 19.1. The Hall–Kier alpha value is -2.96. The van der Waals surface area contributed by atoms with E-state index in [2.05, 4.69) is 10.2 Å². The molecule has 0 aromatic heterocycles. The third-order valence-electron chi connectivity index (χ3n) is 5.14. The number of carbonyl (C=O) groups excluding carboxylic acids is 1. The van der Waals surface area contributed by atoms with Crippen molar-refractivity contribution in [1.82, 2.24) is 4.90 Å². The Bertz CT molecular complexity index is 835. The summed E-state index contributed by atoms with van der Waals surface area (Å²) in [7, 11) is 1.84. The standard InChI is InChI=1S/C21H27FN4O2/c1-15(2)24(3)18-9-8-16(14-17(18)22)23-21(28)26-12-10-25(11-13-26)19-6-4-5-7-20(19)27/h4-9,14-15,27H,10-13H2,1-3H3,(H,23,28). The van der Waals surface area contributed by atoms with Gasteiger partial charge in [-0.2, -0.15) is 0 Å². The number of phenols is 1. The molecule has 7 heteroatoms. The summed E-state index contributed by atoms with van der Waals surface area (Å²) in [5.74, 6) is -0.124. The minimum atomic E-state index is -0.363. The smallest absolute Gasteiger partial charge is 0.321 e. The van der Waals surface area contributed by atoms with E-state index in [1.165, 1.54) is 6.07 Å². The van der Waals surface area contributed by atoms with Gasteiger partial charge in [-0.1, -0.05) is 12.1 Å². The molecule has 2 aromatic rings. The van der Waals surface area contributed by atoms with E-state index in [0.717, 1.165) is 5.69 Å². The minimum Gasteiger partial charge on any atom is -0.506 e. The Morgan fingerprint density at radius 3 is 2.43 bits per heavy atom. The van der Waals surface area contributed by atoms with Gasteiger partial charge >= 0.3 is 6.03 Å². The summed E-state index contributed by atoms with van der Waals surface area (Å²) < 4.78 is 14.4. The molecule has 1 aliphatic rings. The summed E-state index contributed by atoms with van der Waals surface area (Å²) >= 11 is 0. The van der Waals surface area contributed by atoms with Gasteiger partial charge in [0.2, 0.25) is 0 Å². The summed E-state index contributed by atoms with van der Waals surface area (Å²) in [4.78, 5) is 18.1. The maximum absolute atomic E-state index is 14.4. The molecule has 0 aliphatic carbocycles. The van der Waals surface area contributed by atoms with E-state index in [4.69, 9.17) is 0 Å². The van der Waals surface area contributed by atoms with E-state index in [9.17, 15) is 14.3 Å². The van der Waals surface area contributed by atoms with E-state index in [0.29, 0.717) is 37.6 Å². The number of aromatic hydroxyl groups is 1. The Morgan fingerprint density at radius 1 is 1.14 bits per heavy atom. The summed E-state index contributed by atoms with van der Waals surface area (Å²) in [6.07, 6.45) is 0. The molecule has 2 amide bonds. The highest BCUT2D eigenvalue weighted by Crippen LogP contribution is 2.27. The third-order valence-corrected chi connectivity index (χ3v) is 5.14. The number of para-hydroxylation sites is 2. The fraction of sp³-hybridized carbons (Fsp3) is 0.381.